The van der Waals surface area contributed by atoms with Gasteiger partial charge in [-0.25, -0.2) is 0 Å². The highest BCUT2D eigenvalue weighted by molar-refractivity contribution is 14.0. The van der Waals surface area contributed by atoms with Gasteiger partial charge in [0.2, 0.25) is 5.89 Å². The van der Waals surface area contributed by atoms with Gasteiger partial charge in [0.1, 0.15) is 5.75 Å². The maximum Gasteiger partial charge on any atom is 0.232 e. The van der Waals surface area contributed by atoms with E-state index in [0.29, 0.717) is 24.2 Å². The van der Waals surface area contributed by atoms with Gasteiger partial charge >= 0.3 is 0 Å². The second kappa shape index (κ2) is 10.5. The number of halogens is 1. The van der Waals surface area contributed by atoms with Crippen LogP contribution in [0.25, 0.3) is 0 Å². The van der Waals surface area contributed by atoms with Gasteiger partial charge in [-0.1, -0.05) is 38.1 Å². The van der Waals surface area contributed by atoms with Gasteiger partial charge in [-0.05, 0) is 30.5 Å². The predicted molar refractivity (Wildman–Crippen MR) is 118 cm³/mol. The third-order valence-corrected chi connectivity index (χ3v) is 3.93. The fourth-order valence-corrected chi connectivity index (χ4v) is 2.36. The summed E-state index contributed by atoms with van der Waals surface area (Å²) in [6.07, 6.45) is 0.869. The molecule has 27 heavy (non-hydrogen) atoms. The summed E-state index contributed by atoms with van der Waals surface area (Å²) in [7, 11) is 3.43. The second-order valence-electron chi connectivity index (χ2n) is 7.17. The Morgan fingerprint density at radius 2 is 2.00 bits per heavy atom. The van der Waals surface area contributed by atoms with Crippen molar-refractivity contribution in [3.05, 3.63) is 41.0 Å². The van der Waals surface area contributed by atoms with E-state index in [1.807, 2.05) is 27.7 Å². The molecule has 0 atom stereocenters. The maximum absolute atomic E-state index is 5.37. The molecule has 2 rings (SSSR count). The van der Waals surface area contributed by atoms with Crippen LogP contribution in [0.15, 0.2) is 27.7 Å². The minimum Gasteiger partial charge on any atom is -0.496 e. The first-order chi connectivity index (χ1) is 12.3. The van der Waals surface area contributed by atoms with Crippen LogP contribution >= 0.6 is 24.0 Å². The summed E-state index contributed by atoms with van der Waals surface area (Å²) in [6, 6.07) is 6.26. The summed E-state index contributed by atoms with van der Waals surface area (Å²) in [5, 5.41) is 10.5. The van der Waals surface area contributed by atoms with Crippen molar-refractivity contribution in [2.45, 2.75) is 46.1 Å². The number of benzene rings is 1. The topological polar surface area (TPSA) is 84.6 Å². The largest absolute Gasteiger partial charge is 0.496 e. The lowest BCUT2D eigenvalue weighted by Crippen LogP contribution is -2.38. The Kier molecular flexibility index (Phi) is 9.01. The van der Waals surface area contributed by atoms with Crippen molar-refractivity contribution in [3.63, 3.8) is 0 Å². The van der Waals surface area contributed by atoms with E-state index in [1.165, 1.54) is 5.56 Å². The molecule has 8 heteroatoms. The standard InChI is InChI=1S/C19H29N5O2.HI/c1-13-7-8-14(11-15(13)25-6)9-10-21-18(20-5)22-12-16-23-17(26-24-16)19(2,3)4;/h7-8,11H,9-10,12H2,1-6H3,(H2,20,21,22);1H. The SMILES string of the molecule is CN=C(NCCc1ccc(C)c(OC)c1)NCc1noc(C(C)(C)C)n1.I. The molecule has 0 aliphatic heterocycles. The van der Waals surface area contributed by atoms with Gasteiger partial charge in [-0.2, -0.15) is 4.98 Å². The van der Waals surface area contributed by atoms with E-state index >= 15 is 0 Å². The van der Waals surface area contributed by atoms with Crippen molar-refractivity contribution in [2.24, 2.45) is 4.99 Å². The van der Waals surface area contributed by atoms with Crippen LogP contribution in [-0.4, -0.2) is 36.8 Å². The molecule has 0 unspecified atom stereocenters. The van der Waals surface area contributed by atoms with E-state index in [1.54, 1.807) is 14.2 Å². The van der Waals surface area contributed by atoms with Crippen LogP contribution in [0.1, 0.15) is 43.6 Å². The fourth-order valence-electron chi connectivity index (χ4n) is 2.36. The lowest BCUT2D eigenvalue weighted by molar-refractivity contribution is 0.318. The van der Waals surface area contributed by atoms with E-state index in [9.17, 15) is 0 Å². The quantitative estimate of drug-likeness (QED) is 0.370. The Hall–Kier alpha value is -1.84. The van der Waals surface area contributed by atoms with Gasteiger partial charge < -0.3 is 19.9 Å². The van der Waals surface area contributed by atoms with E-state index in [0.717, 1.165) is 24.3 Å². The Morgan fingerprint density at radius 1 is 1.26 bits per heavy atom. The molecule has 150 valence electrons. The molecule has 7 nitrogen and oxygen atoms in total. The zero-order valence-corrected chi connectivity index (χ0v) is 19.3. The van der Waals surface area contributed by atoms with E-state index in [-0.39, 0.29) is 29.4 Å². The summed E-state index contributed by atoms with van der Waals surface area (Å²) in [5.41, 5.74) is 2.19. The van der Waals surface area contributed by atoms with Crippen LogP contribution in [0.5, 0.6) is 5.75 Å². The Morgan fingerprint density at radius 3 is 2.59 bits per heavy atom. The normalized spacial score (nSPS) is 11.7. The molecule has 0 fully saturated rings. The number of ether oxygens (including phenoxy) is 1. The molecule has 2 aromatic rings. The highest BCUT2D eigenvalue weighted by Crippen LogP contribution is 2.20. The van der Waals surface area contributed by atoms with Gasteiger partial charge in [0.25, 0.3) is 0 Å². The highest BCUT2D eigenvalue weighted by atomic mass is 127. The predicted octanol–water partition coefficient (Wildman–Crippen LogP) is 3.21. The second-order valence-corrected chi connectivity index (χ2v) is 7.17. The number of methoxy groups -OCH3 is 1. The van der Waals surface area contributed by atoms with Crippen molar-refractivity contribution in [2.75, 3.05) is 20.7 Å². The lowest BCUT2D eigenvalue weighted by Gasteiger charge is -2.12. The maximum atomic E-state index is 5.37. The van der Waals surface area contributed by atoms with E-state index in [2.05, 4.69) is 44.0 Å². The van der Waals surface area contributed by atoms with Crippen LogP contribution in [0, 0.1) is 6.92 Å². The number of aliphatic imine (C=N–C) groups is 1. The molecule has 0 saturated carbocycles. The van der Waals surface area contributed by atoms with Crippen molar-refractivity contribution in [1.82, 2.24) is 20.8 Å². The van der Waals surface area contributed by atoms with Crippen molar-refractivity contribution >= 4 is 29.9 Å². The van der Waals surface area contributed by atoms with Gasteiger partial charge in [0.15, 0.2) is 11.8 Å². The lowest BCUT2D eigenvalue weighted by atomic mass is 9.97. The zero-order valence-electron chi connectivity index (χ0n) is 16.9. The monoisotopic (exact) mass is 487 g/mol. The number of hydrogen-bond donors (Lipinski definition) is 2. The van der Waals surface area contributed by atoms with E-state index in [4.69, 9.17) is 9.26 Å². The Balaban J connectivity index is 0.00000364. The Labute approximate surface area is 178 Å². The average molecular weight is 487 g/mol. The molecular weight excluding hydrogens is 457 g/mol. The number of hydrogen-bond acceptors (Lipinski definition) is 5. The van der Waals surface area contributed by atoms with Crippen LogP contribution in [0.2, 0.25) is 0 Å². The molecule has 1 aromatic carbocycles. The van der Waals surface area contributed by atoms with Gasteiger partial charge in [-0.15, -0.1) is 24.0 Å². The van der Waals surface area contributed by atoms with Gasteiger partial charge in [0, 0.05) is 19.0 Å². The molecule has 1 heterocycles. The molecule has 0 radical (unpaired) electrons. The minimum atomic E-state index is -0.153. The summed E-state index contributed by atoms with van der Waals surface area (Å²) in [4.78, 5) is 8.63. The minimum absolute atomic E-state index is 0. The van der Waals surface area contributed by atoms with Crippen LogP contribution in [0.3, 0.4) is 0 Å². The number of aryl methyl sites for hydroxylation is 1. The van der Waals surface area contributed by atoms with E-state index < -0.39 is 0 Å². The first kappa shape index (κ1) is 23.2. The first-order valence-corrected chi connectivity index (χ1v) is 8.74. The number of nitrogens with one attached hydrogen (secondary N) is 2. The Bertz CT molecular complexity index is 753. The third-order valence-electron chi connectivity index (χ3n) is 3.93. The number of rotatable bonds is 6. The summed E-state index contributed by atoms with van der Waals surface area (Å²) in [6.45, 7) is 9.37. The molecule has 0 spiro atoms. The molecule has 0 aliphatic rings. The fraction of sp³-hybridized carbons (Fsp3) is 0.526. The summed E-state index contributed by atoms with van der Waals surface area (Å²) in [5.74, 6) is 2.86. The van der Waals surface area contributed by atoms with Crippen molar-refractivity contribution in [3.8, 4) is 5.75 Å². The number of aromatic nitrogens is 2. The molecule has 0 amide bonds. The van der Waals surface area contributed by atoms with Crippen molar-refractivity contribution < 1.29 is 9.26 Å². The van der Waals surface area contributed by atoms with Crippen molar-refractivity contribution in [1.29, 1.82) is 0 Å². The van der Waals surface area contributed by atoms with Crippen LogP contribution in [-0.2, 0) is 18.4 Å². The molecule has 2 N–H and O–H groups in total. The molecule has 1 aromatic heterocycles. The molecule has 0 saturated heterocycles. The number of nitrogens with zero attached hydrogens (tertiary/aromatic N) is 3. The smallest absolute Gasteiger partial charge is 0.232 e. The van der Waals surface area contributed by atoms with Gasteiger partial charge in [-0.3, -0.25) is 4.99 Å². The van der Waals surface area contributed by atoms with Gasteiger partial charge in [0.05, 0.1) is 13.7 Å². The summed E-state index contributed by atoms with van der Waals surface area (Å²) >= 11 is 0. The average Bonchev–Trinajstić information content (AvgIpc) is 3.08. The third kappa shape index (κ3) is 7.00. The molecule has 0 bridgehead atoms. The molecular formula is C19H30IN5O2. The van der Waals surface area contributed by atoms with Crippen LogP contribution < -0.4 is 15.4 Å². The summed E-state index contributed by atoms with van der Waals surface area (Å²) < 4.78 is 10.7. The van der Waals surface area contributed by atoms with Crippen LogP contribution in [0.4, 0.5) is 0 Å². The number of guanidine groups is 1. The zero-order chi connectivity index (χ0) is 19.2. The molecule has 0 aliphatic carbocycles. The highest BCUT2D eigenvalue weighted by Gasteiger charge is 2.21. The first-order valence-electron chi connectivity index (χ1n) is 8.74.